The number of rotatable bonds is 2. The predicted octanol–water partition coefficient (Wildman–Crippen LogP) is 1.89. The molecule has 0 aliphatic heterocycles. The fourth-order valence-corrected chi connectivity index (χ4v) is 2.05. The molecule has 0 radical (unpaired) electrons. The molecule has 0 unspecified atom stereocenters. The molecular formula is C13H11N5OS. The summed E-state index contributed by atoms with van der Waals surface area (Å²) in [6.07, 6.45) is 0. The first-order valence-corrected chi connectivity index (χ1v) is 6.34. The van der Waals surface area contributed by atoms with Crippen LogP contribution in [0.4, 0.5) is 0 Å². The van der Waals surface area contributed by atoms with Crippen molar-refractivity contribution in [2.45, 2.75) is 0 Å². The summed E-state index contributed by atoms with van der Waals surface area (Å²) in [5, 5.41) is 13.3. The zero-order valence-corrected chi connectivity index (χ0v) is 11.4. The third-order valence-corrected chi connectivity index (χ3v) is 3.36. The molecule has 0 amide bonds. The summed E-state index contributed by atoms with van der Waals surface area (Å²) < 4.78 is 2.10. The fraction of sp³-hybridized carbons (Fsp3) is 0.0769. The molecule has 0 atom stereocenters. The summed E-state index contributed by atoms with van der Waals surface area (Å²) in [4.78, 5) is 11.9. The van der Waals surface area contributed by atoms with Gasteiger partial charge in [0.05, 0.1) is 11.3 Å². The molecule has 100 valence electrons. The van der Waals surface area contributed by atoms with Gasteiger partial charge in [-0.25, -0.2) is 5.10 Å². The highest BCUT2D eigenvalue weighted by molar-refractivity contribution is 7.71. The monoisotopic (exact) mass is 285 g/mol. The zero-order chi connectivity index (χ0) is 14.1. The summed E-state index contributed by atoms with van der Waals surface area (Å²) in [7, 11) is 1.75. The topological polar surface area (TPSA) is 79.4 Å². The van der Waals surface area contributed by atoms with E-state index in [4.69, 9.17) is 12.2 Å². The van der Waals surface area contributed by atoms with Crippen molar-refractivity contribution in [3.8, 4) is 22.6 Å². The first-order chi connectivity index (χ1) is 9.66. The van der Waals surface area contributed by atoms with E-state index >= 15 is 0 Å². The number of H-pyrrole nitrogens is 2. The molecule has 2 heterocycles. The Labute approximate surface area is 119 Å². The lowest BCUT2D eigenvalue weighted by Gasteiger charge is -2.03. The molecule has 6 nitrogen and oxygen atoms in total. The van der Waals surface area contributed by atoms with Crippen LogP contribution in [0.15, 0.2) is 41.2 Å². The Hall–Kier alpha value is -2.54. The maximum atomic E-state index is 11.9. The molecule has 0 aliphatic rings. The molecule has 0 saturated heterocycles. The van der Waals surface area contributed by atoms with Gasteiger partial charge in [0.25, 0.3) is 5.56 Å². The molecule has 2 aromatic heterocycles. The molecule has 0 saturated carbocycles. The van der Waals surface area contributed by atoms with Gasteiger partial charge in [0, 0.05) is 12.6 Å². The van der Waals surface area contributed by atoms with Crippen molar-refractivity contribution < 1.29 is 0 Å². The van der Waals surface area contributed by atoms with Crippen molar-refractivity contribution in [3.63, 3.8) is 0 Å². The smallest absolute Gasteiger partial charge is 0.275 e. The fourth-order valence-electron chi connectivity index (χ4n) is 1.92. The van der Waals surface area contributed by atoms with E-state index in [0.29, 0.717) is 21.9 Å². The van der Waals surface area contributed by atoms with Gasteiger partial charge >= 0.3 is 0 Å². The second kappa shape index (κ2) is 4.86. The number of nitrogens with zero attached hydrogens (tertiary/aromatic N) is 3. The van der Waals surface area contributed by atoms with Crippen molar-refractivity contribution >= 4 is 12.2 Å². The molecule has 0 spiro atoms. The summed E-state index contributed by atoms with van der Waals surface area (Å²) in [5.41, 5.74) is 1.71. The minimum Gasteiger partial charge on any atom is -0.303 e. The molecule has 3 rings (SSSR count). The average molecular weight is 285 g/mol. The average Bonchev–Trinajstić information content (AvgIpc) is 2.81. The molecule has 3 aromatic rings. The van der Waals surface area contributed by atoms with E-state index in [1.54, 1.807) is 17.7 Å². The maximum Gasteiger partial charge on any atom is 0.275 e. The first kappa shape index (κ1) is 12.5. The first-order valence-electron chi connectivity index (χ1n) is 5.94. The highest BCUT2D eigenvalue weighted by Gasteiger charge is 2.12. The van der Waals surface area contributed by atoms with Gasteiger partial charge in [-0.1, -0.05) is 30.3 Å². The van der Waals surface area contributed by atoms with Crippen LogP contribution in [0.3, 0.4) is 0 Å². The molecular weight excluding hydrogens is 274 g/mol. The van der Waals surface area contributed by atoms with E-state index in [0.717, 1.165) is 5.56 Å². The SMILES string of the molecule is Cn1c(-c2cc(-c3ccccc3)n[nH]c2=O)n[nH]c1=S. The Bertz CT molecular complexity index is 862. The Balaban J connectivity index is 2.20. The van der Waals surface area contributed by atoms with Crippen molar-refractivity contribution in [1.29, 1.82) is 0 Å². The van der Waals surface area contributed by atoms with Crippen molar-refractivity contribution in [1.82, 2.24) is 25.0 Å². The van der Waals surface area contributed by atoms with Crippen LogP contribution in [0, 0.1) is 4.77 Å². The van der Waals surface area contributed by atoms with Gasteiger partial charge in [-0.05, 0) is 18.3 Å². The number of aromatic amines is 2. The highest BCUT2D eigenvalue weighted by Crippen LogP contribution is 2.19. The van der Waals surface area contributed by atoms with Gasteiger partial charge in [-0.3, -0.25) is 9.89 Å². The lowest BCUT2D eigenvalue weighted by Crippen LogP contribution is -2.13. The van der Waals surface area contributed by atoms with E-state index in [1.807, 2.05) is 30.3 Å². The third kappa shape index (κ3) is 2.08. The molecule has 20 heavy (non-hydrogen) atoms. The van der Waals surface area contributed by atoms with Crippen LogP contribution in [-0.2, 0) is 7.05 Å². The van der Waals surface area contributed by atoms with Crippen LogP contribution in [0.5, 0.6) is 0 Å². The number of aromatic nitrogens is 5. The molecule has 0 fully saturated rings. The van der Waals surface area contributed by atoms with E-state index in [2.05, 4.69) is 20.4 Å². The van der Waals surface area contributed by atoms with Crippen LogP contribution in [-0.4, -0.2) is 25.0 Å². The zero-order valence-electron chi connectivity index (χ0n) is 10.6. The Morgan fingerprint density at radius 1 is 1.15 bits per heavy atom. The van der Waals surface area contributed by atoms with Gasteiger partial charge in [-0.2, -0.15) is 10.2 Å². The standard InChI is InChI=1S/C13H11N5OS/c1-18-11(15-17-13(18)20)9-7-10(14-16-12(9)19)8-5-3-2-4-6-8/h2-7H,1H3,(H,16,19)(H,17,20). The maximum absolute atomic E-state index is 11.9. The van der Waals surface area contributed by atoms with E-state index in [9.17, 15) is 4.79 Å². The van der Waals surface area contributed by atoms with Crippen LogP contribution in [0.1, 0.15) is 0 Å². The third-order valence-electron chi connectivity index (χ3n) is 2.99. The number of hydrogen-bond donors (Lipinski definition) is 2. The number of nitrogens with one attached hydrogen (secondary N) is 2. The highest BCUT2D eigenvalue weighted by atomic mass is 32.1. The lowest BCUT2D eigenvalue weighted by atomic mass is 10.1. The Kier molecular flexibility index (Phi) is 3.03. The minimum absolute atomic E-state index is 0.304. The summed E-state index contributed by atoms with van der Waals surface area (Å²) >= 11 is 5.06. The number of benzene rings is 1. The predicted molar refractivity (Wildman–Crippen MR) is 77.7 cm³/mol. The molecule has 1 aromatic carbocycles. The van der Waals surface area contributed by atoms with Gasteiger partial charge < -0.3 is 4.57 Å². The van der Waals surface area contributed by atoms with Gasteiger partial charge in [-0.15, -0.1) is 0 Å². The Morgan fingerprint density at radius 2 is 1.90 bits per heavy atom. The summed E-state index contributed by atoms with van der Waals surface area (Å²) in [6.45, 7) is 0. The van der Waals surface area contributed by atoms with Crippen LogP contribution in [0.2, 0.25) is 0 Å². The van der Waals surface area contributed by atoms with Crippen molar-refractivity contribution in [2.24, 2.45) is 7.05 Å². The quantitative estimate of drug-likeness (QED) is 0.705. The lowest BCUT2D eigenvalue weighted by molar-refractivity contribution is 0.894. The second-order valence-electron chi connectivity index (χ2n) is 4.27. The van der Waals surface area contributed by atoms with Gasteiger partial charge in [0.1, 0.15) is 0 Å². The number of hydrogen-bond acceptors (Lipinski definition) is 4. The summed E-state index contributed by atoms with van der Waals surface area (Å²) in [5.74, 6) is 0.482. The molecule has 0 bridgehead atoms. The normalized spacial score (nSPS) is 10.7. The van der Waals surface area contributed by atoms with Crippen LogP contribution >= 0.6 is 12.2 Å². The largest absolute Gasteiger partial charge is 0.303 e. The minimum atomic E-state index is -0.304. The van der Waals surface area contributed by atoms with Gasteiger partial charge in [0.2, 0.25) is 0 Å². The van der Waals surface area contributed by atoms with Crippen molar-refractivity contribution in [2.75, 3.05) is 0 Å². The van der Waals surface area contributed by atoms with E-state index < -0.39 is 0 Å². The van der Waals surface area contributed by atoms with E-state index in [-0.39, 0.29) is 5.56 Å². The second-order valence-corrected chi connectivity index (χ2v) is 4.66. The van der Waals surface area contributed by atoms with Crippen LogP contribution in [0.25, 0.3) is 22.6 Å². The van der Waals surface area contributed by atoms with Crippen molar-refractivity contribution in [3.05, 3.63) is 51.5 Å². The molecule has 0 aliphatic carbocycles. The molecule has 2 N–H and O–H groups in total. The Morgan fingerprint density at radius 3 is 2.55 bits per heavy atom. The summed E-state index contributed by atoms with van der Waals surface area (Å²) in [6, 6.07) is 11.3. The molecule has 7 heteroatoms. The van der Waals surface area contributed by atoms with Crippen LogP contribution < -0.4 is 5.56 Å². The van der Waals surface area contributed by atoms with Gasteiger partial charge in [0.15, 0.2) is 10.6 Å². The van der Waals surface area contributed by atoms with E-state index in [1.165, 1.54) is 0 Å².